The van der Waals surface area contributed by atoms with Crippen molar-refractivity contribution in [3.63, 3.8) is 0 Å². The van der Waals surface area contributed by atoms with Crippen molar-refractivity contribution in [2.75, 3.05) is 24.0 Å². The molecule has 0 saturated carbocycles. The number of halogens is 1. The van der Waals surface area contributed by atoms with Gasteiger partial charge in [0.25, 0.3) is 15.9 Å². The minimum atomic E-state index is -3.94. The number of hydrogen-bond acceptors (Lipinski definition) is 5. The van der Waals surface area contributed by atoms with Crippen molar-refractivity contribution >= 4 is 33.2 Å². The zero-order valence-corrected chi connectivity index (χ0v) is 20.4. The topological polar surface area (TPSA) is 84.9 Å². The number of amides is 1. The third kappa shape index (κ3) is 5.13. The summed E-state index contributed by atoms with van der Waals surface area (Å²) in [6, 6.07) is 18.6. The molecule has 0 bridgehead atoms. The van der Waals surface area contributed by atoms with Crippen LogP contribution in [0.3, 0.4) is 0 Å². The van der Waals surface area contributed by atoms with E-state index >= 15 is 0 Å². The highest BCUT2D eigenvalue weighted by Crippen LogP contribution is 2.38. The molecule has 0 spiro atoms. The molecule has 178 valence electrons. The predicted octanol–water partition coefficient (Wildman–Crippen LogP) is 4.11. The van der Waals surface area contributed by atoms with Crippen molar-refractivity contribution in [1.82, 2.24) is 5.32 Å². The van der Waals surface area contributed by atoms with Crippen molar-refractivity contribution in [3.8, 4) is 11.5 Å². The van der Waals surface area contributed by atoms with Gasteiger partial charge in [0.1, 0.15) is 18.1 Å². The fourth-order valence-electron chi connectivity index (χ4n) is 3.62. The van der Waals surface area contributed by atoms with Gasteiger partial charge >= 0.3 is 0 Å². The maximum atomic E-state index is 13.4. The molecular formula is C25H25ClN2O5S. The van der Waals surface area contributed by atoms with Gasteiger partial charge in [-0.15, -0.1) is 0 Å². The van der Waals surface area contributed by atoms with Gasteiger partial charge in [-0.25, -0.2) is 8.42 Å². The Hall–Kier alpha value is -3.23. The lowest BCUT2D eigenvalue weighted by atomic mass is 10.1. The molecule has 9 heteroatoms. The van der Waals surface area contributed by atoms with Gasteiger partial charge in [-0.3, -0.25) is 9.10 Å². The summed E-state index contributed by atoms with van der Waals surface area (Å²) in [4.78, 5) is 13.0. The lowest BCUT2D eigenvalue weighted by Gasteiger charge is -2.34. The van der Waals surface area contributed by atoms with Crippen LogP contribution in [0.5, 0.6) is 11.5 Å². The van der Waals surface area contributed by atoms with Gasteiger partial charge in [0.05, 0.1) is 23.7 Å². The monoisotopic (exact) mass is 500 g/mol. The van der Waals surface area contributed by atoms with Crippen LogP contribution in [0.15, 0.2) is 71.6 Å². The Morgan fingerprint density at radius 2 is 1.88 bits per heavy atom. The van der Waals surface area contributed by atoms with E-state index in [1.54, 1.807) is 30.3 Å². The average Bonchev–Trinajstić information content (AvgIpc) is 2.83. The van der Waals surface area contributed by atoms with E-state index < -0.39 is 22.0 Å². The zero-order valence-electron chi connectivity index (χ0n) is 18.8. The molecule has 1 N–H and O–H groups in total. The number of hydrogen-bond donors (Lipinski definition) is 1. The Morgan fingerprint density at radius 1 is 1.12 bits per heavy atom. The summed E-state index contributed by atoms with van der Waals surface area (Å²) in [5.74, 6) is 0.592. The number of fused-ring (bicyclic) bond motifs is 1. The lowest BCUT2D eigenvalue weighted by molar-refractivity contribution is -0.127. The van der Waals surface area contributed by atoms with Crippen molar-refractivity contribution in [3.05, 3.63) is 82.9 Å². The lowest BCUT2D eigenvalue weighted by Crippen LogP contribution is -2.51. The summed E-state index contributed by atoms with van der Waals surface area (Å²) in [5, 5.41) is 3.14. The predicted molar refractivity (Wildman–Crippen MR) is 131 cm³/mol. The van der Waals surface area contributed by atoms with E-state index in [1.165, 1.54) is 22.5 Å². The first-order valence-corrected chi connectivity index (χ1v) is 12.6. The molecule has 0 aromatic heterocycles. The fraction of sp³-hybridized carbons (Fsp3) is 0.240. The summed E-state index contributed by atoms with van der Waals surface area (Å²) in [7, 11) is -3.94. The normalized spacial score (nSPS) is 15.3. The first-order chi connectivity index (χ1) is 16.3. The van der Waals surface area contributed by atoms with Crippen LogP contribution in [0.2, 0.25) is 5.02 Å². The quantitative estimate of drug-likeness (QED) is 0.493. The van der Waals surface area contributed by atoms with Gasteiger partial charge in [-0.05, 0) is 61.4 Å². The molecule has 0 unspecified atom stereocenters. The van der Waals surface area contributed by atoms with Crippen LogP contribution in [0.25, 0.3) is 0 Å². The molecule has 1 amide bonds. The molecule has 0 saturated heterocycles. The van der Waals surface area contributed by atoms with Crippen molar-refractivity contribution in [2.45, 2.75) is 24.8 Å². The van der Waals surface area contributed by atoms with E-state index in [2.05, 4.69) is 5.32 Å². The maximum absolute atomic E-state index is 13.4. The van der Waals surface area contributed by atoms with Crippen LogP contribution >= 0.6 is 11.6 Å². The number of aryl methyl sites for hydroxylation is 2. The Morgan fingerprint density at radius 3 is 2.65 bits per heavy atom. The minimum absolute atomic E-state index is 0.115. The van der Waals surface area contributed by atoms with Crippen molar-refractivity contribution in [2.24, 2.45) is 0 Å². The van der Waals surface area contributed by atoms with Crippen LogP contribution < -0.4 is 19.1 Å². The van der Waals surface area contributed by atoms with Gasteiger partial charge < -0.3 is 14.8 Å². The summed E-state index contributed by atoms with van der Waals surface area (Å²) in [5.41, 5.74) is 2.38. The smallest absolute Gasteiger partial charge is 0.264 e. The van der Waals surface area contributed by atoms with Crippen LogP contribution in [-0.2, 0) is 14.8 Å². The van der Waals surface area contributed by atoms with Crippen LogP contribution in [0, 0.1) is 13.8 Å². The molecule has 34 heavy (non-hydrogen) atoms. The largest absolute Gasteiger partial charge is 0.491 e. The highest BCUT2D eigenvalue weighted by Gasteiger charge is 2.37. The van der Waals surface area contributed by atoms with E-state index in [0.717, 1.165) is 16.9 Å². The molecule has 0 radical (unpaired) electrons. The molecule has 1 heterocycles. The Balaban J connectivity index is 1.48. The second-order valence-corrected chi connectivity index (χ2v) is 10.3. The molecule has 1 aliphatic rings. The molecule has 7 nitrogen and oxygen atoms in total. The number of ether oxygens (including phenoxy) is 2. The summed E-state index contributed by atoms with van der Waals surface area (Å²) in [6.45, 7) is 4.25. The standard InChI is InChI=1S/C25H25ClN2O5S/c1-17-8-9-18(2)23(14-17)32-13-12-27-25(29)24-16-28(21-15-19(26)10-11-22(21)33-24)34(30,31)20-6-4-3-5-7-20/h3-11,14-15,24H,12-13,16H2,1-2H3,(H,27,29)/t24-/m1/s1. The third-order valence-corrected chi connectivity index (χ3v) is 7.45. The van der Waals surface area contributed by atoms with Crippen LogP contribution in [0.4, 0.5) is 5.69 Å². The summed E-state index contributed by atoms with van der Waals surface area (Å²) in [6.07, 6.45) is -1.03. The number of sulfonamides is 1. The molecule has 3 aromatic carbocycles. The Labute approximate surface area is 204 Å². The summed E-state index contributed by atoms with van der Waals surface area (Å²) >= 11 is 6.12. The number of anilines is 1. The van der Waals surface area contributed by atoms with Gasteiger partial charge in [0, 0.05) is 5.02 Å². The van der Waals surface area contributed by atoms with Gasteiger partial charge in [-0.1, -0.05) is 41.9 Å². The number of carbonyl (C=O) groups excluding carboxylic acids is 1. The first kappa shape index (κ1) is 23.9. The number of rotatable bonds is 7. The summed E-state index contributed by atoms with van der Waals surface area (Å²) < 4.78 is 39.6. The number of nitrogens with zero attached hydrogens (tertiary/aromatic N) is 1. The second kappa shape index (κ2) is 9.95. The third-order valence-electron chi connectivity index (χ3n) is 5.42. The van der Waals surface area contributed by atoms with E-state index in [4.69, 9.17) is 21.1 Å². The van der Waals surface area contributed by atoms with Crippen molar-refractivity contribution < 1.29 is 22.7 Å². The molecular weight excluding hydrogens is 476 g/mol. The molecule has 0 fully saturated rings. The first-order valence-electron chi connectivity index (χ1n) is 10.8. The zero-order chi connectivity index (χ0) is 24.3. The van der Waals surface area contributed by atoms with E-state index in [0.29, 0.717) is 10.7 Å². The highest BCUT2D eigenvalue weighted by atomic mass is 35.5. The molecule has 0 aliphatic carbocycles. The number of nitrogens with one attached hydrogen (secondary N) is 1. The molecule has 1 aliphatic heterocycles. The van der Waals surface area contributed by atoms with E-state index in [1.807, 2.05) is 32.0 Å². The van der Waals surface area contributed by atoms with Crippen molar-refractivity contribution in [1.29, 1.82) is 0 Å². The number of carbonyl (C=O) groups is 1. The van der Waals surface area contributed by atoms with Crippen LogP contribution in [-0.4, -0.2) is 40.1 Å². The average molecular weight is 501 g/mol. The Kier molecular flexibility index (Phi) is 7.00. The Bertz CT molecular complexity index is 1300. The van der Waals surface area contributed by atoms with Crippen LogP contribution in [0.1, 0.15) is 11.1 Å². The second-order valence-electron chi connectivity index (χ2n) is 7.98. The maximum Gasteiger partial charge on any atom is 0.264 e. The minimum Gasteiger partial charge on any atom is -0.491 e. The van der Waals surface area contributed by atoms with Gasteiger partial charge in [0.15, 0.2) is 6.10 Å². The van der Waals surface area contributed by atoms with Gasteiger partial charge in [0.2, 0.25) is 0 Å². The molecule has 3 aromatic rings. The van der Waals surface area contributed by atoms with E-state index in [9.17, 15) is 13.2 Å². The number of benzene rings is 3. The molecule has 4 rings (SSSR count). The van der Waals surface area contributed by atoms with E-state index in [-0.39, 0.29) is 30.3 Å². The fourth-order valence-corrected chi connectivity index (χ4v) is 5.28. The highest BCUT2D eigenvalue weighted by molar-refractivity contribution is 7.92. The SMILES string of the molecule is Cc1ccc(C)c(OCCNC(=O)[C@H]2CN(S(=O)(=O)c3ccccc3)c3cc(Cl)ccc3O2)c1. The van der Waals surface area contributed by atoms with Gasteiger partial charge in [-0.2, -0.15) is 0 Å². The molecule has 1 atom stereocenters.